The van der Waals surface area contributed by atoms with E-state index in [2.05, 4.69) is 4.90 Å². The van der Waals surface area contributed by atoms with E-state index in [1.807, 2.05) is 54.6 Å². The van der Waals surface area contributed by atoms with Crippen molar-refractivity contribution in [3.05, 3.63) is 71.3 Å². The zero-order valence-corrected chi connectivity index (χ0v) is 15.1. The Kier molecular flexibility index (Phi) is 4.87. The highest BCUT2D eigenvalue weighted by Crippen LogP contribution is 2.39. The van der Waals surface area contributed by atoms with Gasteiger partial charge in [-0.25, -0.2) is 0 Å². The molecular formula is C23H25NO2. The van der Waals surface area contributed by atoms with Crippen LogP contribution in [0.1, 0.15) is 66.1 Å². The maximum atomic E-state index is 13.3. The standard InChI is InChI=1S/C23H25NO2/c25-22-15-14-21(19-12-6-7-13-20(19)22)24(18-10-4-5-11-18)23(26)16-17-8-2-1-3-9-17/h1-3,6-9,12-13,18,21H,4-5,10-11,14-16H2. The van der Waals surface area contributed by atoms with Gasteiger partial charge in [0.2, 0.25) is 5.91 Å². The molecule has 2 aliphatic carbocycles. The van der Waals surface area contributed by atoms with E-state index in [-0.39, 0.29) is 17.7 Å². The number of Topliss-reactive ketones (excluding diaryl/α,β-unsaturated/α-hetero) is 1. The van der Waals surface area contributed by atoms with Crippen LogP contribution in [-0.4, -0.2) is 22.6 Å². The Morgan fingerprint density at radius 1 is 0.923 bits per heavy atom. The van der Waals surface area contributed by atoms with Gasteiger partial charge in [-0.15, -0.1) is 0 Å². The van der Waals surface area contributed by atoms with Gasteiger partial charge in [-0.05, 0) is 30.4 Å². The second-order valence-corrected chi connectivity index (χ2v) is 7.47. The molecule has 1 fully saturated rings. The Morgan fingerprint density at radius 3 is 2.38 bits per heavy atom. The molecule has 2 aromatic carbocycles. The van der Waals surface area contributed by atoms with E-state index in [1.54, 1.807) is 0 Å². The van der Waals surface area contributed by atoms with Crippen LogP contribution >= 0.6 is 0 Å². The first-order valence-electron chi connectivity index (χ1n) is 9.71. The third-order valence-electron chi connectivity index (χ3n) is 5.81. The summed E-state index contributed by atoms with van der Waals surface area (Å²) >= 11 is 0. The Labute approximate surface area is 155 Å². The van der Waals surface area contributed by atoms with Gasteiger partial charge in [0.15, 0.2) is 5.78 Å². The highest BCUT2D eigenvalue weighted by Gasteiger charge is 2.37. The Balaban J connectivity index is 1.67. The highest BCUT2D eigenvalue weighted by atomic mass is 16.2. The molecule has 0 radical (unpaired) electrons. The van der Waals surface area contributed by atoms with Crippen LogP contribution in [0.4, 0.5) is 0 Å². The first-order valence-corrected chi connectivity index (χ1v) is 9.71. The van der Waals surface area contributed by atoms with Gasteiger partial charge in [-0.3, -0.25) is 9.59 Å². The monoisotopic (exact) mass is 347 g/mol. The van der Waals surface area contributed by atoms with Crippen molar-refractivity contribution in [1.82, 2.24) is 4.90 Å². The SMILES string of the molecule is O=C1CCC(N(C(=O)Cc2ccccc2)C2CCCC2)c2ccccc21. The van der Waals surface area contributed by atoms with E-state index in [9.17, 15) is 9.59 Å². The first kappa shape index (κ1) is 17.0. The zero-order chi connectivity index (χ0) is 17.9. The minimum Gasteiger partial charge on any atom is -0.332 e. The number of hydrogen-bond acceptors (Lipinski definition) is 2. The molecular weight excluding hydrogens is 322 g/mol. The van der Waals surface area contributed by atoms with Gasteiger partial charge in [0, 0.05) is 18.0 Å². The summed E-state index contributed by atoms with van der Waals surface area (Å²) in [6.07, 6.45) is 6.24. The van der Waals surface area contributed by atoms with Gasteiger partial charge in [-0.2, -0.15) is 0 Å². The molecule has 26 heavy (non-hydrogen) atoms. The lowest BCUT2D eigenvalue weighted by molar-refractivity contribution is -0.136. The zero-order valence-electron chi connectivity index (χ0n) is 15.1. The van der Waals surface area contributed by atoms with Crippen LogP contribution in [0.2, 0.25) is 0 Å². The normalized spacial score (nSPS) is 20.0. The van der Waals surface area contributed by atoms with Crippen molar-refractivity contribution < 1.29 is 9.59 Å². The van der Waals surface area contributed by atoms with E-state index in [0.29, 0.717) is 18.9 Å². The molecule has 134 valence electrons. The summed E-state index contributed by atoms with van der Waals surface area (Å²) in [4.78, 5) is 27.8. The molecule has 0 aromatic heterocycles. The molecule has 3 nitrogen and oxygen atoms in total. The molecule has 0 aliphatic heterocycles. The number of carbonyl (C=O) groups excluding carboxylic acids is 2. The minimum absolute atomic E-state index is 0.0308. The van der Waals surface area contributed by atoms with E-state index < -0.39 is 0 Å². The van der Waals surface area contributed by atoms with Crippen molar-refractivity contribution in [3.63, 3.8) is 0 Å². The summed E-state index contributed by atoms with van der Waals surface area (Å²) < 4.78 is 0. The number of fused-ring (bicyclic) bond motifs is 1. The van der Waals surface area contributed by atoms with E-state index in [4.69, 9.17) is 0 Å². The third-order valence-corrected chi connectivity index (χ3v) is 5.81. The van der Waals surface area contributed by atoms with Crippen LogP contribution in [0, 0.1) is 0 Å². The van der Waals surface area contributed by atoms with Crippen LogP contribution in [-0.2, 0) is 11.2 Å². The number of amides is 1. The highest BCUT2D eigenvalue weighted by molar-refractivity contribution is 5.99. The van der Waals surface area contributed by atoms with Crippen molar-refractivity contribution in [2.75, 3.05) is 0 Å². The molecule has 4 rings (SSSR count). The fraction of sp³-hybridized carbons (Fsp3) is 0.391. The third kappa shape index (κ3) is 3.31. The lowest BCUT2D eigenvalue weighted by Crippen LogP contribution is -2.44. The maximum Gasteiger partial charge on any atom is 0.227 e. The van der Waals surface area contributed by atoms with Gasteiger partial charge >= 0.3 is 0 Å². The Morgan fingerprint density at radius 2 is 1.62 bits per heavy atom. The van der Waals surface area contributed by atoms with Gasteiger partial charge < -0.3 is 4.90 Å². The summed E-state index contributed by atoms with van der Waals surface area (Å²) in [5, 5.41) is 0. The van der Waals surface area contributed by atoms with Crippen molar-refractivity contribution in [3.8, 4) is 0 Å². The summed E-state index contributed by atoms with van der Waals surface area (Å²) in [6, 6.07) is 18.2. The molecule has 0 spiro atoms. The second-order valence-electron chi connectivity index (χ2n) is 7.47. The number of benzene rings is 2. The number of rotatable bonds is 4. The molecule has 1 saturated carbocycles. The molecule has 2 aliphatic rings. The lowest BCUT2D eigenvalue weighted by Gasteiger charge is -2.39. The molecule has 0 saturated heterocycles. The molecule has 3 heteroatoms. The molecule has 1 atom stereocenters. The van der Waals surface area contributed by atoms with Crippen LogP contribution in [0.15, 0.2) is 54.6 Å². The van der Waals surface area contributed by atoms with Crippen molar-refractivity contribution >= 4 is 11.7 Å². The Bertz CT molecular complexity index is 793. The molecule has 0 bridgehead atoms. The molecule has 0 N–H and O–H groups in total. The van der Waals surface area contributed by atoms with Crippen LogP contribution in [0.3, 0.4) is 0 Å². The largest absolute Gasteiger partial charge is 0.332 e. The van der Waals surface area contributed by atoms with Crippen molar-refractivity contribution in [1.29, 1.82) is 0 Å². The predicted molar refractivity (Wildman–Crippen MR) is 102 cm³/mol. The summed E-state index contributed by atoms with van der Waals surface area (Å²) in [7, 11) is 0. The smallest absolute Gasteiger partial charge is 0.227 e. The van der Waals surface area contributed by atoms with Crippen molar-refractivity contribution in [2.45, 2.75) is 57.0 Å². The summed E-state index contributed by atoms with van der Waals surface area (Å²) in [5.74, 6) is 0.399. The summed E-state index contributed by atoms with van der Waals surface area (Å²) in [6.45, 7) is 0. The molecule has 1 amide bonds. The van der Waals surface area contributed by atoms with E-state index in [0.717, 1.165) is 36.0 Å². The van der Waals surface area contributed by atoms with Crippen LogP contribution in [0.5, 0.6) is 0 Å². The van der Waals surface area contributed by atoms with Gasteiger partial charge in [0.1, 0.15) is 0 Å². The number of nitrogens with zero attached hydrogens (tertiary/aromatic N) is 1. The number of hydrogen-bond donors (Lipinski definition) is 0. The quantitative estimate of drug-likeness (QED) is 0.802. The minimum atomic E-state index is 0.0308. The molecule has 1 unspecified atom stereocenters. The topological polar surface area (TPSA) is 37.4 Å². The fourth-order valence-electron chi connectivity index (χ4n) is 4.56. The summed E-state index contributed by atoms with van der Waals surface area (Å²) in [5.41, 5.74) is 2.90. The predicted octanol–water partition coefficient (Wildman–Crippen LogP) is 4.72. The molecule has 2 aromatic rings. The maximum absolute atomic E-state index is 13.3. The van der Waals surface area contributed by atoms with E-state index >= 15 is 0 Å². The van der Waals surface area contributed by atoms with Gasteiger partial charge in [0.25, 0.3) is 0 Å². The average Bonchev–Trinajstić information content (AvgIpc) is 3.19. The second kappa shape index (κ2) is 7.45. The molecule has 0 heterocycles. The number of ketones is 1. The fourth-order valence-corrected chi connectivity index (χ4v) is 4.56. The van der Waals surface area contributed by atoms with E-state index in [1.165, 1.54) is 12.8 Å². The number of carbonyl (C=O) groups is 2. The Hall–Kier alpha value is -2.42. The van der Waals surface area contributed by atoms with Crippen LogP contribution < -0.4 is 0 Å². The lowest BCUT2D eigenvalue weighted by atomic mass is 9.85. The average molecular weight is 347 g/mol. The van der Waals surface area contributed by atoms with Crippen molar-refractivity contribution in [2.24, 2.45) is 0 Å². The first-order chi connectivity index (χ1) is 12.7. The van der Waals surface area contributed by atoms with Gasteiger partial charge in [0.05, 0.1) is 12.5 Å². The van der Waals surface area contributed by atoms with Crippen LogP contribution in [0.25, 0.3) is 0 Å². The van der Waals surface area contributed by atoms with Gasteiger partial charge in [-0.1, -0.05) is 67.4 Å².